The molecule has 18 heavy (non-hydrogen) atoms. The van der Waals surface area contributed by atoms with Crippen molar-refractivity contribution < 1.29 is 14.6 Å². The second-order valence-corrected chi connectivity index (χ2v) is 5.06. The van der Waals surface area contributed by atoms with E-state index >= 15 is 0 Å². The van der Waals surface area contributed by atoms with Gasteiger partial charge < -0.3 is 19.9 Å². The van der Waals surface area contributed by atoms with Crippen molar-refractivity contribution in [3.8, 4) is 11.5 Å². The van der Waals surface area contributed by atoms with E-state index < -0.39 is 0 Å². The predicted molar refractivity (Wildman–Crippen MR) is 75.3 cm³/mol. The number of aliphatic hydroxyl groups is 1. The molecule has 0 saturated carbocycles. The summed E-state index contributed by atoms with van der Waals surface area (Å²) in [4.78, 5) is 0. The first-order valence-electron chi connectivity index (χ1n) is 5.92. The molecule has 0 heterocycles. The molecule has 0 fully saturated rings. The summed E-state index contributed by atoms with van der Waals surface area (Å²) in [5, 5.41) is 12.1. The van der Waals surface area contributed by atoms with Crippen molar-refractivity contribution in [3.05, 3.63) is 22.2 Å². The molecule has 0 bridgehead atoms. The number of methoxy groups -OCH3 is 1. The summed E-state index contributed by atoms with van der Waals surface area (Å²) in [7, 11) is 1.61. The Morgan fingerprint density at radius 1 is 1.33 bits per heavy atom. The molecule has 1 rings (SSSR count). The highest BCUT2D eigenvalue weighted by Crippen LogP contribution is 2.33. The first-order valence-corrected chi connectivity index (χ1v) is 6.71. The predicted octanol–water partition coefficient (Wildman–Crippen LogP) is 2.33. The lowest BCUT2D eigenvalue weighted by atomic mass is 10.2. The highest BCUT2D eigenvalue weighted by atomic mass is 79.9. The van der Waals surface area contributed by atoms with Crippen LogP contribution >= 0.6 is 15.9 Å². The minimum atomic E-state index is -0.0164. The lowest BCUT2D eigenvalue weighted by Crippen LogP contribution is -2.22. The maximum absolute atomic E-state index is 8.77. The average Bonchev–Trinajstić information content (AvgIpc) is 2.34. The first-order chi connectivity index (χ1) is 8.58. The van der Waals surface area contributed by atoms with Gasteiger partial charge >= 0.3 is 0 Å². The molecule has 1 aromatic carbocycles. The van der Waals surface area contributed by atoms with Crippen molar-refractivity contribution in [2.75, 3.05) is 20.3 Å². The Balaban J connectivity index is 2.87. The molecule has 4 nitrogen and oxygen atoms in total. The van der Waals surface area contributed by atoms with Gasteiger partial charge in [0.05, 0.1) is 13.7 Å². The molecule has 0 unspecified atom stereocenters. The van der Waals surface area contributed by atoms with Gasteiger partial charge in [-0.15, -0.1) is 0 Å². The Morgan fingerprint density at radius 3 is 2.61 bits per heavy atom. The molecule has 0 amide bonds. The van der Waals surface area contributed by atoms with Crippen LogP contribution < -0.4 is 14.8 Å². The van der Waals surface area contributed by atoms with Crippen LogP contribution in [0, 0.1) is 0 Å². The number of hydrogen-bond acceptors (Lipinski definition) is 4. The number of halogens is 1. The second-order valence-electron chi connectivity index (χ2n) is 4.20. The molecule has 0 aliphatic heterocycles. The van der Waals surface area contributed by atoms with Crippen molar-refractivity contribution in [2.45, 2.75) is 26.4 Å². The fourth-order valence-corrected chi connectivity index (χ4v) is 1.92. The Labute approximate surface area is 116 Å². The van der Waals surface area contributed by atoms with Crippen LogP contribution in [-0.2, 0) is 6.54 Å². The Hall–Kier alpha value is -0.780. The second kappa shape index (κ2) is 7.61. The Bertz CT molecular complexity index is 383. The summed E-state index contributed by atoms with van der Waals surface area (Å²) in [6.07, 6.45) is 0. The molecule has 0 atom stereocenters. The van der Waals surface area contributed by atoms with Crippen LogP contribution in [0.15, 0.2) is 16.6 Å². The molecule has 5 heteroatoms. The number of rotatable bonds is 7. The van der Waals surface area contributed by atoms with Gasteiger partial charge in [0, 0.05) is 17.1 Å². The first kappa shape index (κ1) is 15.3. The summed E-state index contributed by atoms with van der Waals surface area (Å²) in [6, 6.07) is 4.23. The van der Waals surface area contributed by atoms with Gasteiger partial charge in [0.2, 0.25) is 0 Å². The number of ether oxygens (including phenoxy) is 2. The van der Waals surface area contributed by atoms with Crippen LogP contribution in [0.1, 0.15) is 19.4 Å². The summed E-state index contributed by atoms with van der Waals surface area (Å²) < 4.78 is 11.7. The van der Waals surface area contributed by atoms with Gasteiger partial charge in [-0.1, -0.05) is 29.8 Å². The zero-order valence-corrected chi connectivity index (χ0v) is 12.6. The van der Waals surface area contributed by atoms with E-state index in [9.17, 15) is 0 Å². The van der Waals surface area contributed by atoms with Gasteiger partial charge in [-0.2, -0.15) is 0 Å². The lowest BCUT2D eigenvalue weighted by molar-refractivity contribution is 0.196. The molecule has 0 aliphatic carbocycles. The van der Waals surface area contributed by atoms with Gasteiger partial charge in [-0.3, -0.25) is 0 Å². The third kappa shape index (κ3) is 4.48. The Morgan fingerprint density at radius 2 is 2.06 bits per heavy atom. The fraction of sp³-hybridized carbons (Fsp3) is 0.538. The Kier molecular flexibility index (Phi) is 6.46. The maximum atomic E-state index is 8.77. The minimum Gasteiger partial charge on any atom is -0.493 e. The van der Waals surface area contributed by atoms with E-state index in [4.69, 9.17) is 14.6 Å². The zero-order valence-electron chi connectivity index (χ0n) is 11.0. The van der Waals surface area contributed by atoms with Crippen LogP contribution in [0.25, 0.3) is 0 Å². The van der Waals surface area contributed by atoms with E-state index in [-0.39, 0.29) is 13.2 Å². The molecular weight excluding hydrogens is 298 g/mol. The number of aliphatic hydroxyl groups excluding tert-OH is 1. The quantitative estimate of drug-likeness (QED) is 0.810. The molecule has 102 valence electrons. The summed E-state index contributed by atoms with van der Waals surface area (Å²) in [5.41, 5.74) is 1.11. The highest BCUT2D eigenvalue weighted by molar-refractivity contribution is 9.10. The topological polar surface area (TPSA) is 50.7 Å². The molecule has 0 spiro atoms. The van der Waals surface area contributed by atoms with E-state index in [1.807, 2.05) is 12.1 Å². The van der Waals surface area contributed by atoms with Crippen LogP contribution in [0.2, 0.25) is 0 Å². The van der Waals surface area contributed by atoms with Crippen molar-refractivity contribution in [2.24, 2.45) is 0 Å². The molecular formula is C13H20BrNO3. The number of nitrogens with one attached hydrogen (secondary N) is 1. The SMILES string of the molecule is COc1cc(CNC(C)C)c(Br)cc1OCCO. The standard InChI is InChI=1S/C13H20BrNO3/c1-9(2)15-8-10-6-12(17-3)13(7-11(10)14)18-5-4-16/h6-7,9,15-16H,4-5,8H2,1-3H3. The number of hydrogen-bond donors (Lipinski definition) is 2. The maximum Gasteiger partial charge on any atom is 0.162 e. The fourth-order valence-electron chi connectivity index (χ4n) is 1.45. The van der Waals surface area contributed by atoms with Crippen molar-refractivity contribution in [3.63, 3.8) is 0 Å². The monoisotopic (exact) mass is 317 g/mol. The summed E-state index contributed by atoms with van der Waals surface area (Å²) >= 11 is 3.51. The number of benzene rings is 1. The van der Waals surface area contributed by atoms with Gasteiger partial charge in [-0.05, 0) is 17.7 Å². The van der Waals surface area contributed by atoms with Gasteiger partial charge in [-0.25, -0.2) is 0 Å². The highest BCUT2D eigenvalue weighted by Gasteiger charge is 2.10. The molecule has 0 aliphatic rings. The van der Waals surface area contributed by atoms with Crippen molar-refractivity contribution in [1.82, 2.24) is 5.32 Å². The van der Waals surface area contributed by atoms with Crippen LogP contribution in [-0.4, -0.2) is 31.5 Å². The van der Waals surface area contributed by atoms with E-state index in [0.717, 1.165) is 16.6 Å². The van der Waals surface area contributed by atoms with Crippen molar-refractivity contribution >= 4 is 15.9 Å². The summed E-state index contributed by atoms with van der Waals surface area (Å²) in [5.74, 6) is 1.30. The van der Waals surface area contributed by atoms with Crippen LogP contribution in [0.3, 0.4) is 0 Å². The third-order valence-electron chi connectivity index (χ3n) is 2.38. The zero-order chi connectivity index (χ0) is 13.5. The van der Waals surface area contributed by atoms with E-state index in [0.29, 0.717) is 17.5 Å². The van der Waals surface area contributed by atoms with E-state index in [1.54, 1.807) is 7.11 Å². The average molecular weight is 318 g/mol. The third-order valence-corrected chi connectivity index (χ3v) is 3.12. The molecule has 0 saturated heterocycles. The van der Waals surface area contributed by atoms with E-state index in [1.165, 1.54) is 0 Å². The van der Waals surface area contributed by atoms with Gasteiger partial charge in [0.25, 0.3) is 0 Å². The lowest BCUT2D eigenvalue weighted by Gasteiger charge is -2.15. The molecule has 0 radical (unpaired) electrons. The normalized spacial score (nSPS) is 10.8. The van der Waals surface area contributed by atoms with Crippen LogP contribution in [0.4, 0.5) is 0 Å². The largest absolute Gasteiger partial charge is 0.493 e. The van der Waals surface area contributed by atoms with E-state index in [2.05, 4.69) is 35.1 Å². The van der Waals surface area contributed by atoms with Gasteiger partial charge in [0.15, 0.2) is 11.5 Å². The summed E-state index contributed by atoms with van der Waals surface area (Å²) in [6.45, 7) is 5.20. The smallest absolute Gasteiger partial charge is 0.162 e. The molecule has 2 N–H and O–H groups in total. The molecule has 1 aromatic rings. The van der Waals surface area contributed by atoms with Gasteiger partial charge in [0.1, 0.15) is 6.61 Å². The van der Waals surface area contributed by atoms with Crippen molar-refractivity contribution in [1.29, 1.82) is 0 Å². The minimum absolute atomic E-state index is 0.0164. The van der Waals surface area contributed by atoms with Crippen LogP contribution in [0.5, 0.6) is 11.5 Å². The molecule has 0 aromatic heterocycles.